The summed E-state index contributed by atoms with van der Waals surface area (Å²) in [4.78, 5) is 23.2. The molecule has 0 heterocycles. The zero-order valence-electron chi connectivity index (χ0n) is 12.0. The van der Waals surface area contributed by atoms with Crippen molar-refractivity contribution >= 4 is 33.9 Å². The van der Waals surface area contributed by atoms with Crippen molar-refractivity contribution < 1.29 is 18.7 Å². The van der Waals surface area contributed by atoms with Crippen LogP contribution in [-0.4, -0.2) is 24.0 Å². The molecule has 0 aliphatic heterocycles. The smallest absolute Gasteiger partial charge is 0.331 e. The van der Waals surface area contributed by atoms with Crippen LogP contribution in [-0.2, 0) is 14.3 Å². The van der Waals surface area contributed by atoms with Crippen molar-refractivity contribution in [3.05, 3.63) is 40.1 Å². The van der Waals surface area contributed by atoms with E-state index in [-0.39, 0.29) is 17.5 Å². The maximum Gasteiger partial charge on any atom is 0.331 e. The van der Waals surface area contributed by atoms with Crippen LogP contribution in [0.3, 0.4) is 0 Å². The number of carbonyl (C=O) groups excluding carboxylic acids is 2. The zero-order chi connectivity index (χ0) is 16.0. The van der Waals surface area contributed by atoms with Gasteiger partial charge in [0.2, 0.25) is 0 Å². The fourth-order valence-electron chi connectivity index (χ4n) is 1.47. The number of benzene rings is 1. The van der Waals surface area contributed by atoms with E-state index in [0.29, 0.717) is 4.47 Å². The van der Waals surface area contributed by atoms with Crippen LogP contribution in [0.2, 0.25) is 0 Å². The molecule has 1 N–H and O–H groups in total. The number of esters is 1. The Hall–Kier alpha value is -1.69. The molecule has 0 aliphatic carbocycles. The lowest BCUT2D eigenvalue weighted by Gasteiger charge is -2.14. The summed E-state index contributed by atoms with van der Waals surface area (Å²) in [5.41, 5.74) is 0.251. The zero-order valence-corrected chi connectivity index (χ0v) is 13.6. The summed E-state index contributed by atoms with van der Waals surface area (Å²) in [5, 5.41) is 2.63. The molecular weight excluding hydrogens is 341 g/mol. The first kappa shape index (κ1) is 17.4. The minimum atomic E-state index is -0.906. The third-order valence-electron chi connectivity index (χ3n) is 2.45. The summed E-state index contributed by atoms with van der Waals surface area (Å²) in [5.74, 6) is -1.53. The van der Waals surface area contributed by atoms with Gasteiger partial charge in [0, 0.05) is 22.2 Å². The Kier molecular flexibility index (Phi) is 6.55. The van der Waals surface area contributed by atoms with Gasteiger partial charge in [0.05, 0.1) is 0 Å². The molecule has 6 heteroatoms. The lowest BCUT2D eigenvalue weighted by molar-refractivity contribution is -0.150. The number of nitrogens with one attached hydrogen (secondary N) is 1. The van der Waals surface area contributed by atoms with Crippen LogP contribution in [0.25, 0.3) is 6.08 Å². The Bertz CT molecular complexity index is 558. The van der Waals surface area contributed by atoms with Crippen LogP contribution in [0.15, 0.2) is 28.7 Å². The third kappa shape index (κ3) is 6.08. The van der Waals surface area contributed by atoms with Crippen LogP contribution in [0.4, 0.5) is 4.39 Å². The van der Waals surface area contributed by atoms with E-state index in [4.69, 9.17) is 4.74 Å². The summed E-state index contributed by atoms with van der Waals surface area (Å²) in [7, 11) is 0. The van der Waals surface area contributed by atoms with Gasteiger partial charge in [-0.05, 0) is 45.0 Å². The third-order valence-corrected chi connectivity index (χ3v) is 2.94. The molecule has 0 saturated carbocycles. The summed E-state index contributed by atoms with van der Waals surface area (Å²) in [6, 6.07) is 4.34. The minimum absolute atomic E-state index is 0.0371. The van der Waals surface area contributed by atoms with Gasteiger partial charge in [0.1, 0.15) is 5.82 Å². The van der Waals surface area contributed by atoms with Gasteiger partial charge < -0.3 is 10.1 Å². The standard InChI is InChI=1S/C15H17BrFNO3/c1-9(2)18-15(20)10(3)21-14(19)7-4-11-8-12(16)5-6-13(11)17/h4-10H,1-3H3,(H,18,20)/b7-4+/t10-/m1/s1. The van der Waals surface area contributed by atoms with Crippen molar-refractivity contribution in [2.45, 2.75) is 32.9 Å². The first-order valence-electron chi connectivity index (χ1n) is 6.43. The van der Waals surface area contributed by atoms with Gasteiger partial charge >= 0.3 is 5.97 Å². The van der Waals surface area contributed by atoms with Crippen LogP contribution in [0.1, 0.15) is 26.3 Å². The molecule has 4 nitrogen and oxygen atoms in total. The Morgan fingerprint density at radius 3 is 2.62 bits per heavy atom. The number of halogens is 2. The van der Waals surface area contributed by atoms with E-state index in [2.05, 4.69) is 21.2 Å². The number of ether oxygens (including phenoxy) is 1. The second-order valence-corrected chi connectivity index (χ2v) is 5.66. The molecule has 0 bridgehead atoms. The fraction of sp³-hybridized carbons (Fsp3) is 0.333. The van der Waals surface area contributed by atoms with Gasteiger partial charge in [-0.25, -0.2) is 9.18 Å². The summed E-state index contributed by atoms with van der Waals surface area (Å²) < 4.78 is 19.1. The topological polar surface area (TPSA) is 55.4 Å². The number of carbonyl (C=O) groups is 2. The predicted molar refractivity (Wildman–Crippen MR) is 82.0 cm³/mol. The van der Waals surface area contributed by atoms with E-state index in [0.717, 1.165) is 6.08 Å². The van der Waals surface area contributed by atoms with Crippen LogP contribution in [0, 0.1) is 5.82 Å². The second-order valence-electron chi connectivity index (χ2n) is 4.74. The Balaban J connectivity index is 2.63. The number of rotatable bonds is 5. The van der Waals surface area contributed by atoms with Crippen molar-refractivity contribution in [3.63, 3.8) is 0 Å². The lowest BCUT2D eigenvalue weighted by atomic mass is 10.2. The Morgan fingerprint density at radius 1 is 1.33 bits per heavy atom. The molecule has 0 fully saturated rings. The fourth-order valence-corrected chi connectivity index (χ4v) is 1.85. The molecule has 0 radical (unpaired) electrons. The summed E-state index contributed by atoms with van der Waals surface area (Å²) in [6.45, 7) is 5.09. The quantitative estimate of drug-likeness (QED) is 0.650. The van der Waals surface area contributed by atoms with Crippen molar-refractivity contribution in [1.82, 2.24) is 5.32 Å². The van der Waals surface area contributed by atoms with Gasteiger partial charge in [0.15, 0.2) is 6.10 Å². The monoisotopic (exact) mass is 357 g/mol. The molecule has 21 heavy (non-hydrogen) atoms. The highest BCUT2D eigenvalue weighted by Crippen LogP contribution is 2.16. The molecule has 0 unspecified atom stereocenters. The highest BCUT2D eigenvalue weighted by Gasteiger charge is 2.16. The average Bonchev–Trinajstić information content (AvgIpc) is 2.39. The van der Waals surface area contributed by atoms with Gasteiger partial charge in [-0.2, -0.15) is 0 Å². The first-order chi connectivity index (χ1) is 9.79. The number of amides is 1. The molecular formula is C15H17BrFNO3. The lowest BCUT2D eigenvalue weighted by Crippen LogP contribution is -2.39. The minimum Gasteiger partial charge on any atom is -0.449 e. The Labute approximate surface area is 131 Å². The maximum atomic E-state index is 13.5. The molecule has 1 aromatic carbocycles. The van der Waals surface area contributed by atoms with E-state index in [9.17, 15) is 14.0 Å². The normalized spacial score (nSPS) is 12.5. The molecule has 0 spiro atoms. The van der Waals surface area contributed by atoms with Crippen molar-refractivity contribution in [2.75, 3.05) is 0 Å². The average molecular weight is 358 g/mol. The van der Waals surface area contributed by atoms with Crippen LogP contribution in [0.5, 0.6) is 0 Å². The second kappa shape index (κ2) is 7.93. The molecule has 1 atom stereocenters. The van der Waals surface area contributed by atoms with Crippen molar-refractivity contribution in [1.29, 1.82) is 0 Å². The van der Waals surface area contributed by atoms with E-state index in [1.54, 1.807) is 6.07 Å². The number of hydrogen-bond donors (Lipinski definition) is 1. The Morgan fingerprint density at radius 2 is 2.00 bits per heavy atom. The van der Waals surface area contributed by atoms with E-state index >= 15 is 0 Å². The molecule has 1 amide bonds. The number of hydrogen-bond acceptors (Lipinski definition) is 3. The molecule has 114 valence electrons. The molecule has 1 rings (SSSR count). The molecule has 1 aromatic rings. The largest absolute Gasteiger partial charge is 0.449 e. The summed E-state index contributed by atoms with van der Waals surface area (Å²) >= 11 is 3.22. The van der Waals surface area contributed by atoms with Gasteiger partial charge in [-0.15, -0.1) is 0 Å². The van der Waals surface area contributed by atoms with E-state index in [1.165, 1.54) is 25.1 Å². The van der Waals surface area contributed by atoms with Crippen molar-refractivity contribution in [2.24, 2.45) is 0 Å². The predicted octanol–water partition coefficient (Wildman–Crippen LogP) is 3.06. The highest BCUT2D eigenvalue weighted by atomic mass is 79.9. The van der Waals surface area contributed by atoms with Gasteiger partial charge in [0.25, 0.3) is 5.91 Å². The van der Waals surface area contributed by atoms with Crippen LogP contribution < -0.4 is 5.32 Å². The van der Waals surface area contributed by atoms with E-state index in [1.807, 2.05) is 13.8 Å². The maximum absolute atomic E-state index is 13.5. The molecule has 0 aliphatic rings. The summed E-state index contributed by atoms with van der Waals surface area (Å²) in [6.07, 6.45) is 1.48. The SMILES string of the molecule is CC(C)NC(=O)[C@@H](C)OC(=O)/C=C/c1cc(Br)ccc1F. The van der Waals surface area contributed by atoms with Crippen molar-refractivity contribution in [3.8, 4) is 0 Å². The highest BCUT2D eigenvalue weighted by molar-refractivity contribution is 9.10. The molecule has 0 saturated heterocycles. The first-order valence-corrected chi connectivity index (χ1v) is 7.23. The van der Waals surface area contributed by atoms with Gasteiger partial charge in [-0.3, -0.25) is 4.79 Å². The molecule has 0 aromatic heterocycles. The van der Waals surface area contributed by atoms with Gasteiger partial charge in [-0.1, -0.05) is 15.9 Å². The van der Waals surface area contributed by atoms with Crippen LogP contribution >= 0.6 is 15.9 Å². The van der Waals surface area contributed by atoms with E-state index < -0.39 is 17.9 Å².